The molecular weight excluding hydrogens is 314 g/mol. The molecule has 1 aromatic rings. The Labute approximate surface area is 131 Å². The quantitative estimate of drug-likeness (QED) is 0.895. The van der Waals surface area contributed by atoms with Gasteiger partial charge in [-0.2, -0.15) is 0 Å². The van der Waals surface area contributed by atoms with Crippen LogP contribution in [-0.2, 0) is 6.42 Å². The molecule has 0 aliphatic carbocycles. The lowest BCUT2D eigenvalue weighted by Gasteiger charge is -2.35. The van der Waals surface area contributed by atoms with Gasteiger partial charge in [-0.15, -0.1) is 0 Å². The number of hydrogen-bond donors (Lipinski definition) is 1. The predicted molar refractivity (Wildman–Crippen MR) is 90.4 cm³/mol. The molecule has 1 aliphatic rings. The van der Waals surface area contributed by atoms with Gasteiger partial charge in [0.25, 0.3) is 0 Å². The van der Waals surface area contributed by atoms with Gasteiger partial charge in [-0.1, -0.05) is 35.8 Å². The lowest BCUT2D eigenvalue weighted by Crippen LogP contribution is -2.46. The van der Waals surface area contributed by atoms with Gasteiger partial charge in [-0.05, 0) is 37.1 Å². The van der Waals surface area contributed by atoms with Gasteiger partial charge in [0.05, 0.1) is 0 Å². The number of likely N-dealkylation sites (N-methyl/N-ethyl adjacent to an activating group) is 1. The molecule has 1 atom stereocenters. The fourth-order valence-corrected chi connectivity index (χ4v) is 3.18. The Morgan fingerprint density at radius 3 is 2.45 bits per heavy atom. The van der Waals surface area contributed by atoms with Gasteiger partial charge < -0.3 is 15.5 Å². The van der Waals surface area contributed by atoms with Crippen molar-refractivity contribution in [1.29, 1.82) is 0 Å². The summed E-state index contributed by atoms with van der Waals surface area (Å²) in [6.45, 7) is 10.1. The molecule has 0 spiro atoms. The molecule has 1 heterocycles. The standard InChI is InChI=1S/C16H26BrN3/c1-3-14(18)11-13-5-6-15(12-16(13)17)20-9-7-19(4-2)8-10-20/h5-6,12,14H,3-4,7-11,18H2,1-2H3. The van der Waals surface area contributed by atoms with Gasteiger partial charge in [0.1, 0.15) is 0 Å². The second-order valence-corrected chi connectivity index (χ2v) is 6.42. The van der Waals surface area contributed by atoms with E-state index in [0.717, 1.165) is 45.6 Å². The average molecular weight is 340 g/mol. The van der Waals surface area contributed by atoms with Crippen molar-refractivity contribution in [2.75, 3.05) is 37.6 Å². The van der Waals surface area contributed by atoms with Crippen LogP contribution in [0.3, 0.4) is 0 Å². The molecule has 1 aromatic carbocycles. The molecule has 0 radical (unpaired) electrons. The van der Waals surface area contributed by atoms with Crippen molar-refractivity contribution in [3.8, 4) is 0 Å². The van der Waals surface area contributed by atoms with Crippen molar-refractivity contribution < 1.29 is 0 Å². The smallest absolute Gasteiger partial charge is 0.0378 e. The molecule has 112 valence electrons. The Balaban J connectivity index is 2.02. The first kappa shape index (κ1) is 15.8. The van der Waals surface area contributed by atoms with E-state index in [4.69, 9.17) is 5.73 Å². The number of halogens is 1. The lowest BCUT2D eigenvalue weighted by atomic mass is 10.0. The summed E-state index contributed by atoms with van der Waals surface area (Å²) in [6.07, 6.45) is 1.97. The van der Waals surface area contributed by atoms with Gasteiger partial charge in [0, 0.05) is 42.4 Å². The third kappa shape index (κ3) is 3.96. The largest absolute Gasteiger partial charge is 0.369 e. The first-order chi connectivity index (χ1) is 9.63. The highest BCUT2D eigenvalue weighted by Gasteiger charge is 2.16. The van der Waals surface area contributed by atoms with Gasteiger partial charge in [-0.3, -0.25) is 0 Å². The third-order valence-electron chi connectivity index (χ3n) is 4.23. The zero-order chi connectivity index (χ0) is 14.5. The van der Waals surface area contributed by atoms with Gasteiger partial charge >= 0.3 is 0 Å². The van der Waals surface area contributed by atoms with Crippen LogP contribution in [0, 0.1) is 0 Å². The summed E-state index contributed by atoms with van der Waals surface area (Å²) >= 11 is 3.70. The minimum atomic E-state index is 0.255. The molecule has 0 amide bonds. The van der Waals surface area contributed by atoms with Crippen LogP contribution in [0.4, 0.5) is 5.69 Å². The predicted octanol–water partition coefficient (Wildman–Crippen LogP) is 2.87. The van der Waals surface area contributed by atoms with E-state index in [1.165, 1.54) is 15.7 Å². The second kappa shape index (κ2) is 7.43. The van der Waals surface area contributed by atoms with Crippen LogP contribution in [0.15, 0.2) is 22.7 Å². The first-order valence-electron chi connectivity index (χ1n) is 7.65. The minimum Gasteiger partial charge on any atom is -0.369 e. The number of nitrogens with zero attached hydrogens (tertiary/aromatic N) is 2. The number of nitrogens with two attached hydrogens (primary N) is 1. The first-order valence-corrected chi connectivity index (χ1v) is 8.44. The molecule has 1 aliphatic heterocycles. The van der Waals surface area contributed by atoms with Gasteiger partial charge in [0.15, 0.2) is 0 Å². The number of piperazine rings is 1. The summed E-state index contributed by atoms with van der Waals surface area (Å²) in [6, 6.07) is 6.97. The Kier molecular flexibility index (Phi) is 5.87. The van der Waals surface area contributed by atoms with Crippen molar-refractivity contribution in [3.05, 3.63) is 28.2 Å². The number of anilines is 1. The maximum absolute atomic E-state index is 6.05. The second-order valence-electron chi connectivity index (χ2n) is 5.57. The molecule has 20 heavy (non-hydrogen) atoms. The van der Waals surface area contributed by atoms with Crippen LogP contribution in [0.25, 0.3) is 0 Å². The summed E-state index contributed by atoms with van der Waals surface area (Å²) in [7, 11) is 0. The van der Waals surface area contributed by atoms with E-state index in [1.807, 2.05) is 0 Å². The van der Waals surface area contributed by atoms with E-state index >= 15 is 0 Å². The Morgan fingerprint density at radius 1 is 1.20 bits per heavy atom. The van der Waals surface area contributed by atoms with E-state index in [-0.39, 0.29) is 6.04 Å². The van der Waals surface area contributed by atoms with Crippen LogP contribution in [0.5, 0.6) is 0 Å². The fraction of sp³-hybridized carbons (Fsp3) is 0.625. The summed E-state index contributed by atoms with van der Waals surface area (Å²) in [5, 5.41) is 0. The Hall–Kier alpha value is -0.580. The van der Waals surface area contributed by atoms with Crippen LogP contribution in [0.1, 0.15) is 25.8 Å². The topological polar surface area (TPSA) is 32.5 Å². The number of hydrogen-bond acceptors (Lipinski definition) is 3. The normalized spacial score (nSPS) is 18.3. The molecule has 3 nitrogen and oxygen atoms in total. The summed E-state index contributed by atoms with van der Waals surface area (Å²) in [4.78, 5) is 4.97. The van der Waals surface area contributed by atoms with Gasteiger partial charge in [0.2, 0.25) is 0 Å². The monoisotopic (exact) mass is 339 g/mol. The minimum absolute atomic E-state index is 0.255. The zero-order valence-corrected chi connectivity index (χ0v) is 14.2. The van der Waals surface area contributed by atoms with Crippen molar-refractivity contribution in [2.24, 2.45) is 5.73 Å². The van der Waals surface area contributed by atoms with Gasteiger partial charge in [-0.25, -0.2) is 0 Å². The van der Waals surface area contributed by atoms with E-state index in [2.05, 4.69) is 57.8 Å². The maximum Gasteiger partial charge on any atom is 0.0378 e. The highest BCUT2D eigenvalue weighted by atomic mass is 79.9. The summed E-state index contributed by atoms with van der Waals surface area (Å²) in [5.74, 6) is 0. The lowest BCUT2D eigenvalue weighted by molar-refractivity contribution is 0.271. The summed E-state index contributed by atoms with van der Waals surface area (Å²) < 4.78 is 1.19. The van der Waals surface area contributed by atoms with Crippen molar-refractivity contribution >= 4 is 21.6 Å². The third-order valence-corrected chi connectivity index (χ3v) is 4.97. The SMILES string of the molecule is CCC(N)Cc1ccc(N2CCN(CC)CC2)cc1Br. The molecule has 0 saturated carbocycles. The summed E-state index contributed by atoms with van der Waals surface area (Å²) in [5.41, 5.74) is 8.68. The molecule has 2 N–H and O–H groups in total. The van der Waals surface area contributed by atoms with Crippen molar-refractivity contribution in [3.63, 3.8) is 0 Å². The Bertz CT molecular complexity index is 428. The molecule has 2 rings (SSSR count). The molecular formula is C16H26BrN3. The highest BCUT2D eigenvalue weighted by molar-refractivity contribution is 9.10. The molecule has 1 unspecified atom stereocenters. The van der Waals surface area contributed by atoms with E-state index in [0.29, 0.717) is 0 Å². The van der Waals surface area contributed by atoms with Crippen molar-refractivity contribution in [2.45, 2.75) is 32.7 Å². The molecule has 1 saturated heterocycles. The molecule has 4 heteroatoms. The van der Waals surface area contributed by atoms with Crippen LogP contribution in [-0.4, -0.2) is 43.7 Å². The maximum atomic E-state index is 6.05. The van der Waals surface area contributed by atoms with E-state index in [9.17, 15) is 0 Å². The van der Waals surface area contributed by atoms with Crippen LogP contribution in [0.2, 0.25) is 0 Å². The highest BCUT2D eigenvalue weighted by Crippen LogP contribution is 2.26. The van der Waals surface area contributed by atoms with Crippen LogP contribution >= 0.6 is 15.9 Å². The Morgan fingerprint density at radius 2 is 1.90 bits per heavy atom. The van der Waals surface area contributed by atoms with E-state index < -0.39 is 0 Å². The molecule has 0 aromatic heterocycles. The van der Waals surface area contributed by atoms with Crippen LogP contribution < -0.4 is 10.6 Å². The number of benzene rings is 1. The molecule has 1 fully saturated rings. The van der Waals surface area contributed by atoms with Crippen molar-refractivity contribution in [1.82, 2.24) is 4.90 Å². The fourth-order valence-electron chi connectivity index (χ4n) is 2.65. The zero-order valence-electron chi connectivity index (χ0n) is 12.6. The molecule has 0 bridgehead atoms. The number of rotatable bonds is 5. The average Bonchev–Trinajstić information content (AvgIpc) is 2.49. The van der Waals surface area contributed by atoms with E-state index in [1.54, 1.807) is 0 Å².